The van der Waals surface area contributed by atoms with Crippen molar-refractivity contribution >= 4 is 6.03 Å². The molecule has 1 aliphatic carbocycles. The van der Waals surface area contributed by atoms with Crippen LogP contribution in [0.1, 0.15) is 75.3 Å². The first-order valence-electron chi connectivity index (χ1n) is 11.1. The highest BCUT2D eigenvalue weighted by Crippen LogP contribution is 2.35. The van der Waals surface area contributed by atoms with Gasteiger partial charge in [-0.25, -0.2) is 4.79 Å². The van der Waals surface area contributed by atoms with Crippen LogP contribution in [0.25, 0.3) is 0 Å². The zero-order chi connectivity index (χ0) is 18.6. The summed E-state index contributed by atoms with van der Waals surface area (Å²) in [5.74, 6) is 0. The van der Waals surface area contributed by atoms with Crippen LogP contribution in [0.4, 0.5) is 4.79 Å². The second-order valence-corrected chi connectivity index (χ2v) is 9.02. The van der Waals surface area contributed by atoms with E-state index in [-0.39, 0.29) is 6.03 Å². The normalized spacial score (nSPS) is 29.3. The van der Waals surface area contributed by atoms with Crippen molar-refractivity contribution < 1.29 is 4.79 Å². The Morgan fingerprint density at radius 1 is 0.889 bits per heavy atom. The Balaban J connectivity index is 1.32. The third-order valence-corrected chi connectivity index (χ3v) is 6.89. The maximum atomic E-state index is 12.5. The van der Waals surface area contributed by atoms with Crippen LogP contribution in [-0.2, 0) is 6.54 Å². The van der Waals surface area contributed by atoms with Crippen molar-refractivity contribution in [3.8, 4) is 0 Å². The second kappa shape index (κ2) is 8.64. The second-order valence-electron chi connectivity index (χ2n) is 9.02. The van der Waals surface area contributed by atoms with Crippen LogP contribution in [0.3, 0.4) is 0 Å². The summed E-state index contributed by atoms with van der Waals surface area (Å²) in [6.45, 7) is 3.20. The highest BCUT2D eigenvalue weighted by Gasteiger charge is 2.38. The molecule has 1 aromatic rings. The van der Waals surface area contributed by atoms with Gasteiger partial charge in [-0.15, -0.1) is 0 Å². The predicted octanol–water partition coefficient (Wildman–Crippen LogP) is 4.51. The van der Waals surface area contributed by atoms with Crippen molar-refractivity contribution in [2.45, 2.75) is 102 Å². The first-order valence-corrected chi connectivity index (χ1v) is 11.1. The monoisotopic (exact) mass is 369 g/mol. The number of hydrogen-bond acceptors (Lipinski definition) is 2. The molecule has 4 rings (SSSR count). The van der Waals surface area contributed by atoms with Gasteiger partial charge in [0.15, 0.2) is 0 Å². The maximum Gasteiger partial charge on any atom is 0.315 e. The first-order chi connectivity index (χ1) is 13.2. The molecule has 2 atom stereocenters. The lowest BCUT2D eigenvalue weighted by molar-refractivity contribution is 0.0196. The number of nitrogens with one attached hydrogen (secondary N) is 2. The van der Waals surface area contributed by atoms with E-state index < -0.39 is 0 Å². The van der Waals surface area contributed by atoms with Crippen molar-refractivity contribution in [3.05, 3.63) is 35.4 Å². The highest BCUT2D eigenvalue weighted by molar-refractivity contribution is 5.74. The van der Waals surface area contributed by atoms with Gasteiger partial charge in [-0.2, -0.15) is 0 Å². The number of fused-ring (bicyclic) bond motifs is 2. The van der Waals surface area contributed by atoms with Crippen LogP contribution in [0, 0.1) is 6.92 Å². The largest absolute Gasteiger partial charge is 0.335 e. The number of carbonyl (C=O) groups is 1. The summed E-state index contributed by atoms with van der Waals surface area (Å²) < 4.78 is 0. The van der Waals surface area contributed by atoms with Crippen LogP contribution in [-0.4, -0.2) is 35.1 Å². The molecule has 2 aliphatic heterocycles. The summed E-state index contributed by atoms with van der Waals surface area (Å²) in [7, 11) is 0. The zero-order valence-electron chi connectivity index (χ0n) is 16.8. The van der Waals surface area contributed by atoms with Gasteiger partial charge in [0.25, 0.3) is 0 Å². The van der Waals surface area contributed by atoms with Gasteiger partial charge >= 0.3 is 6.03 Å². The summed E-state index contributed by atoms with van der Waals surface area (Å²) in [4.78, 5) is 15.2. The molecule has 2 amide bonds. The van der Waals surface area contributed by atoms with E-state index in [0.29, 0.717) is 24.2 Å². The minimum Gasteiger partial charge on any atom is -0.335 e. The number of aryl methyl sites for hydroxylation is 1. The van der Waals surface area contributed by atoms with E-state index in [1.165, 1.54) is 49.7 Å². The van der Waals surface area contributed by atoms with Gasteiger partial charge in [0.1, 0.15) is 0 Å². The molecule has 2 N–H and O–H groups in total. The molecule has 1 saturated carbocycles. The Kier molecular flexibility index (Phi) is 6.01. The first kappa shape index (κ1) is 18.8. The lowest BCUT2D eigenvalue weighted by Crippen LogP contribution is -2.58. The van der Waals surface area contributed by atoms with E-state index in [0.717, 1.165) is 32.2 Å². The standard InChI is InChI=1S/C23H35N3O/c1-17-10-12-18(13-11-17)16-26-21-8-5-9-22(26)15-20(14-21)25-23(27)24-19-6-3-2-4-7-19/h10-13,19-22H,2-9,14-16H2,1H3,(H2,24,25,27)/t21-,22-/m1/s1. The Bertz CT molecular complexity index is 609. The van der Waals surface area contributed by atoms with Gasteiger partial charge in [0, 0.05) is 30.7 Å². The van der Waals surface area contributed by atoms with Gasteiger partial charge in [-0.3, -0.25) is 4.90 Å². The van der Waals surface area contributed by atoms with Crippen LogP contribution < -0.4 is 10.6 Å². The molecule has 0 spiro atoms. The molecule has 0 aromatic heterocycles. The predicted molar refractivity (Wildman–Crippen MR) is 110 cm³/mol. The Morgan fingerprint density at radius 2 is 1.52 bits per heavy atom. The van der Waals surface area contributed by atoms with E-state index in [4.69, 9.17) is 0 Å². The van der Waals surface area contributed by atoms with Gasteiger partial charge < -0.3 is 10.6 Å². The fourth-order valence-electron chi connectivity index (χ4n) is 5.42. The van der Waals surface area contributed by atoms with Crippen molar-refractivity contribution in [3.63, 3.8) is 0 Å². The zero-order valence-corrected chi connectivity index (χ0v) is 16.8. The molecule has 2 heterocycles. The average molecular weight is 370 g/mol. The molecule has 148 valence electrons. The molecule has 0 unspecified atom stereocenters. The SMILES string of the molecule is Cc1ccc(CN2[C@@H]3CCC[C@@H]2CC(NC(=O)NC2CCCCC2)C3)cc1. The smallest absolute Gasteiger partial charge is 0.315 e. The number of hydrogen-bond donors (Lipinski definition) is 2. The lowest BCUT2D eigenvalue weighted by atomic mass is 9.81. The fourth-order valence-corrected chi connectivity index (χ4v) is 5.42. The van der Waals surface area contributed by atoms with Crippen molar-refractivity contribution in [2.24, 2.45) is 0 Å². The summed E-state index contributed by atoms with van der Waals surface area (Å²) in [6, 6.07) is 11.0. The maximum absolute atomic E-state index is 12.5. The van der Waals surface area contributed by atoms with Crippen LogP contribution in [0.15, 0.2) is 24.3 Å². The van der Waals surface area contributed by atoms with Crippen LogP contribution in [0.5, 0.6) is 0 Å². The highest BCUT2D eigenvalue weighted by atomic mass is 16.2. The number of benzene rings is 1. The van der Waals surface area contributed by atoms with Gasteiger partial charge in [-0.1, -0.05) is 55.5 Å². The summed E-state index contributed by atoms with van der Waals surface area (Å²) >= 11 is 0. The van der Waals surface area contributed by atoms with E-state index in [1.54, 1.807) is 0 Å². The molecular weight excluding hydrogens is 334 g/mol. The molecule has 4 nitrogen and oxygen atoms in total. The van der Waals surface area contributed by atoms with Crippen molar-refractivity contribution in [2.75, 3.05) is 0 Å². The molecule has 1 aromatic carbocycles. The number of carbonyl (C=O) groups excluding carboxylic acids is 1. The summed E-state index contributed by atoms with van der Waals surface area (Å²) in [5, 5.41) is 6.53. The topological polar surface area (TPSA) is 44.4 Å². The van der Waals surface area contributed by atoms with E-state index in [2.05, 4.69) is 46.7 Å². The number of nitrogens with zero attached hydrogens (tertiary/aromatic N) is 1. The minimum atomic E-state index is 0.0666. The van der Waals surface area contributed by atoms with Gasteiger partial charge in [0.2, 0.25) is 0 Å². The number of urea groups is 1. The van der Waals surface area contributed by atoms with Crippen LogP contribution >= 0.6 is 0 Å². The quantitative estimate of drug-likeness (QED) is 0.820. The van der Waals surface area contributed by atoms with Crippen molar-refractivity contribution in [1.29, 1.82) is 0 Å². The summed E-state index contributed by atoms with van der Waals surface area (Å²) in [5.41, 5.74) is 2.74. The molecule has 2 saturated heterocycles. The molecule has 27 heavy (non-hydrogen) atoms. The van der Waals surface area contributed by atoms with Crippen molar-refractivity contribution in [1.82, 2.24) is 15.5 Å². The molecule has 4 heteroatoms. The number of piperidine rings is 2. The number of rotatable bonds is 4. The van der Waals surface area contributed by atoms with E-state index in [9.17, 15) is 4.79 Å². The number of amides is 2. The molecular formula is C23H35N3O. The Hall–Kier alpha value is -1.55. The van der Waals surface area contributed by atoms with Gasteiger partial charge in [0.05, 0.1) is 0 Å². The fraction of sp³-hybridized carbons (Fsp3) is 0.696. The third-order valence-electron chi connectivity index (χ3n) is 6.89. The average Bonchev–Trinajstić information content (AvgIpc) is 2.65. The minimum absolute atomic E-state index is 0.0666. The van der Waals surface area contributed by atoms with Gasteiger partial charge in [-0.05, 0) is 51.0 Å². The van der Waals surface area contributed by atoms with E-state index >= 15 is 0 Å². The Morgan fingerprint density at radius 3 is 2.19 bits per heavy atom. The Labute approximate surface area is 164 Å². The summed E-state index contributed by atoms with van der Waals surface area (Å²) in [6.07, 6.45) is 12.2. The lowest BCUT2D eigenvalue weighted by Gasteiger charge is -2.49. The molecule has 0 radical (unpaired) electrons. The molecule has 3 aliphatic rings. The third kappa shape index (κ3) is 4.84. The van der Waals surface area contributed by atoms with Crippen LogP contribution in [0.2, 0.25) is 0 Å². The molecule has 2 bridgehead atoms. The van der Waals surface area contributed by atoms with E-state index in [1.807, 2.05) is 0 Å². The molecule has 3 fully saturated rings.